The molecule has 2 rings (SSSR count). The lowest BCUT2D eigenvalue weighted by Crippen LogP contribution is -2.48. The van der Waals surface area contributed by atoms with E-state index in [1.54, 1.807) is 0 Å². The lowest BCUT2D eigenvalue weighted by molar-refractivity contribution is -0.0963. The molecule has 2 heterocycles. The Bertz CT molecular complexity index is 254. The van der Waals surface area contributed by atoms with Gasteiger partial charge in [0, 0.05) is 25.6 Å². The van der Waals surface area contributed by atoms with E-state index in [1.807, 2.05) is 4.90 Å². The molecule has 0 unspecified atom stereocenters. The first-order chi connectivity index (χ1) is 8.31. The molecule has 0 spiro atoms. The number of carbonyl (C=O) groups excluding carboxylic acids is 1. The standard InChI is InChI=1S/C12H22N2O3/c1-2-5-13-12(15)14-6-3-4-10(9-14)11-16-7-8-17-11/h10-11H,2-9H2,1H3,(H,13,15)/t10-/m0/s1. The van der Waals surface area contributed by atoms with Crippen LogP contribution in [0.25, 0.3) is 0 Å². The third-order valence-electron chi connectivity index (χ3n) is 3.30. The van der Waals surface area contributed by atoms with Gasteiger partial charge in [-0.25, -0.2) is 4.79 Å². The Kier molecular flexibility index (Phi) is 4.62. The highest BCUT2D eigenvalue weighted by molar-refractivity contribution is 5.74. The average molecular weight is 242 g/mol. The number of likely N-dealkylation sites (tertiary alicyclic amines) is 1. The summed E-state index contributed by atoms with van der Waals surface area (Å²) in [6.45, 7) is 5.77. The maximum absolute atomic E-state index is 11.9. The topological polar surface area (TPSA) is 50.8 Å². The third kappa shape index (κ3) is 3.33. The molecule has 2 saturated heterocycles. The summed E-state index contributed by atoms with van der Waals surface area (Å²) in [5, 5.41) is 2.92. The summed E-state index contributed by atoms with van der Waals surface area (Å²) >= 11 is 0. The number of amides is 2. The number of nitrogens with zero attached hydrogens (tertiary/aromatic N) is 1. The molecule has 0 bridgehead atoms. The number of hydrogen-bond donors (Lipinski definition) is 1. The van der Waals surface area contributed by atoms with Crippen molar-refractivity contribution in [3.63, 3.8) is 0 Å². The highest BCUT2D eigenvalue weighted by Gasteiger charge is 2.32. The van der Waals surface area contributed by atoms with E-state index in [2.05, 4.69) is 12.2 Å². The Hall–Kier alpha value is -0.810. The summed E-state index contributed by atoms with van der Waals surface area (Å²) < 4.78 is 11.0. The van der Waals surface area contributed by atoms with E-state index in [-0.39, 0.29) is 12.3 Å². The van der Waals surface area contributed by atoms with Gasteiger partial charge in [-0.3, -0.25) is 0 Å². The van der Waals surface area contributed by atoms with Crippen LogP contribution in [-0.2, 0) is 9.47 Å². The monoisotopic (exact) mass is 242 g/mol. The number of hydrogen-bond acceptors (Lipinski definition) is 3. The van der Waals surface area contributed by atoms with Crippen LogP contribution in [0.4, 0.5) is 4.79 Å². The van der Waals surface area contributed by atoms with Crippen molar-refractivity contribution in [1.82, 2.24) is 10.2 Å². The fourth-order valence-corrected chi connectivity index (χ4v) is 2.41. The van der Waals surface area contributed by atoms with Crippen molar-refractivity contribution in [2.24, 2.45) is 5.92 Å². The molecular weight excluding hydrogens is 220 g/mol. The molecule has 5 nitrogen and oxygen atoms in total. The van der Waals surface area contributed by atoms with Crippen LogP contribution < -0.4 is 5.32 Å². The first-order valence-electron chi connectivity index (χ1n) is 6.57. The van der Waals surface area contributed by atoms with Gasteiger partial charge in [0.2, 0.25) is 0 Å². The minimum atomic E-state index is -0.100. The molecule has 2 fully saturated rings. The molecule has 0 aromatic heterocycles. The van der Waals surface area contributed by atoms with Gasteiger partial charge < -0.3 is 19.7 Å². The Morgan fingerprint density at radius 2 is 2.18 bits per heavy atom. The van der Waals surface area contributed by atoms with Crippen LogP contribution in [0.5, 0.6) is 0 Å². The Balaban J connectivity index is 1.81. The van der Waals surface area contributed by atoms with E-state index in [9.17, 15) is 4.79 Å². The van der Waals surface area contributed by atoms with Gasteiger partial charge in [-0.1, -0.05) is 6.92 Å². The second kappa shape index (κ2) is 6.21. The summed E-state index contributed by atoms with van der Waals surface area (Å²) in [5.41, 5.74) is 0. The zero-order valence-corrected chi connectivity index (χ0v) is 10.5. The van der Waals surface area contributed by atoms with Gasteiger partial charge in [0.05, 0.1) is 13.2 Å². The van der Waals surface area contributed by atoms with E-state index in [0.717, 1.165) is 38.9 Å². The molecule has 1 N–H and O–H groups in total. The van der Waals surface area contributed by atoms with Gasteiger partial charge in [0.25, 0.3) is 0 Å². The van der Waals surface area contributed by atoms with Crippen molar-refractivity contribution in [2.75, 3.05) is 32.8 Å². The van der Waals surface area contributed by atoms with E-state index in [1.165, 1.54) is 0 Å². The molecule has 2 aliphatic heterocycles. The molecule has 0 radical (unpaired) electrons. The van der Waals surface area contributed by atoms with Crippen LogP contribution in [0.15, 0.2) is 0 Å². The summed E-state index contributed by atoms with van der Waals surface area (Å²) in [7, 11) is 0. The van der Waals surface area contributed by atoms with E-state index >= 15 is 0 Å². The summed E-state index contributed by atoms with van der Waals surface area (Å²) in [5.74, 6) is 0.332. The highest BCUT2D eigenvalue weighted by Crippen LogP contribution is 2.24. The van der Waals surface area contributed by atoms with Crippen LogP contribution in [-0.4, -0.2) is 50.1 Å². The van der Waals surface area contributed by atoms with Crippen LogP contribution in [0.1, 0.15) is 26.2 Å². The fourth-order valence-electron chi connectivity index (χ4n) is 2.41. The van der Waals surface area contributed by atoms with Crippen molar-refractivity contribution in [3.05, 3.63) is 0 Å². The van der Waals surface area contributed by atoms with Crippen molar-refractivity contribution >= 4 is 6.03 Å². The second-order valence-electron chi connectivity index (χ2n) is 4.69. The second-order valence-corrected chi connectivity index (χ2v) is 4.69. The average Bonchev–Trinajstić information content (AvgIpc) is 2.90. The van der Waals surface area contributed by atoms with Crippen LogP contribution in [0, 0.1) is 5.92 Å². The number of carbonyl (C=O) groups is 1. The van der Waals surface area contributed by atoms with Crippen LogP contribution in [0.3, 0.4) is 0 Å². The molecule has 2 aliphatic rings. The predicted octanol–water partition coefficient (Wildman–Crippen LogP) is 1.19. The Labute approximate surface area is 102 Å². The van der Waals surface area contributed by atoms with E-state index in [0.29, 0.717) is 19.1 Å². The lowest BCUT2D eigenvalue weighted by Gasteiger charge is -2.34. The largest absolute Gasteiger partial charge is 0.350 e. The van der Waals surface area contributed by atoms with Gasteiger partial charge in [0.15, 0.2) is 6.29 Å². The minimum absolute atomic E-state index is 0.0505. The third-order valence-corrected chi connectivity index (χ3v) is 3.30. The first kappa shape index (κ1) is 12.6. The van der Waals surface area contributed by atoms with E-state index in [4.69, 9.17) is 9.47 Å². The predicted molar refractivity (Wildman–Crippen MR) is 63.7 cm³/mol. The smallest absolute Gasteiger partial charge is 0.317 e. The number of ether oxygens (including phenoxy) is 2. The molecule has 0 aromatic rings. The summed E-state index contributed by atoms with van der Waals surface area (Å²) in [6, 6.07) is 0.0505. The molecule has 2 amide bonds. The van der Waals surface area contributed by atoms with Crippen molar-refractivity contribution < 1.29 is 14.3 Å². The molecular formula is C12H22N2O3. The number of rotatable bonds is 3. The first-order valence-corrected chi connectivity index (χ1v) is 6.57. The zero-order chi connectivity index (χ0) is 12.1. The molecule has 0 aliphatic carbocycles. The molecule has 5 heteroatoms. The maximum Gasteiger partial charge on any atom is 0.317 e. The lowest BCUT2D eigenvalue weighted by atomic mass is 9.98. The van der Waals surface area contributed by atoms with Gasteiger partial charge >= 0.3 is 6.03 Å². The number of piperidine rings is 1. The van der Waals surface area contributed by atoms with Gasteiger partial charge in [-0.05, 0) is 19.3 Å². The Morgan fingerprint density at radius 1 is 1.41 bits per heavy atom. The molecule has 0 saturated carbocycles. The quantitative estimate of drug-likeness (QED) is 0.809. The normalized spacial score (nSPS) is 26.2. The molecule has 1 atom stereocenters. The van der Waals surface area contributed by atoms with Crippen molar-refractivity contribution in [1.29, 1.82) is 0 Å². The molecule has 17 heavy (non-hydrogen) atoms. The minimum Gasteiger partial charge on any atom is -0.350 e. The molecule has 0 aromatic carbocycles. The fraction of sp³-hybridized carbons (Fsp3) is 0.917. The maximum atomic E-state index is 11.9. The van der Waals surface area contributed by atoms with Gasteiger partial charge in [0.1, 0.15) is 0 Å². The zero-order valence-electron chi connectivity index (χ0n) is 10.5. The highest BCUT2D eigenvalue weighted by atomic mass is 16.7. The molecule has 98 valence electrons. The van der Waals surface area contributed by atoms with Gasteiger partial charge in [-0.2, -0.15) is 0 Å². The summed E-state index contributed by atoms with van der Waals surface area (Å²) in [6.07, 6.45) is 2.99. The van der Waals surface area contributed by atoms with Crippen molar-refractivity contribution in [3.8, 4) is 0 Å². The summed E-state index contributed by atoms with van der Waals surface area (Å²) in [4.78, 5) is 13.7. The Morgan fingerprint density at radius 3 is 2.88 bits per heavy atom. The van der Waals surface area contributed by atoms with Crippen LogP contribution >= 0.6 is 0 Å². The SMILES string of the molecule is CCCNC(=O)N1CCC[C@H](C2OCCO2)C1. The van der Waals surface area contributed by atoms with E-state index < -0.39 is 0 Å². The number of urea groups is 1. The number of nitrogens with one attached hydrogen (secondary N) is 1. The van der Waals surface area contributed by atoms with Crippen LogP contribution in [0.2, 0.25) is 0 Å². The van der Waals surface area contributed by atoms with Crippen molar-refractivity contribution in [2.45, 2.75) is 32.5 Å². The van der Waals surface area contributed by atoms with Gasteiger partial charge in [-0.15, -0.1) is 0 Å².